The first kappa shape index (κ1) is 15.3. The van der Waals surface area contributed by atoms with Gasteiger partial charge in [0.2, 0.25) is 0 Å². The van der Waals surface area contributed by atoms with Crippen LogP contribution in [0.1, 0.15) is 30.5 Å². The molecule has 0 spiro atoms. The zero-order chi connectivity index (χ0) is 15.5. The lowest BCUT2D eigenvalue weighted by Gasteiger charge is -2.36. The van der Waals surface area contributed by atoms with Crippen molar-refractivity contribution in [3.8, 4) is 0 Å². The van der Waals surface area contributed by atoms with Crippen LogP contribution in [0, 0.1) is 6.92 Å². The molecule has 1 saturated heterocycles. The number of benzene rings is 2. The van der Waals surface area contributed by atoms with Gasteiger partial charge in [-0.2, -0.15) is 0 Å². The van der Waals surface area contributed by atoms with Crippen molar-refractivity contribution in [2.24, 2.45) is 0 Å². The Labute approximate surface area is 133 Å². The molecule has 0 aromatic heterocycles. The molecule has 0 bridgehead atoms. The molecule has 2 aromatic rings. The molecule has 0 unspecified atom stereocenters. The van der Waals surface area contributed by atoms with Crippen molar-refractivity contribution < 1.29 is 0 Å². The van der Waals surface area contributed by atoms with E-state index in [1.807, 2.05) is 0 Å². The molecule has 1 heterocycles. The van der Waals surface area contributed by atoms with Crippen LogP contribution in [0.25, 0.3) is 10.8 Å². The molecule has 0 aliphatic carbocycles. The SMILES string of the molecule is C=C(C)C[C@@H](c1ccc(C)c2ccccc12)N1CCNCC1. The number of nitrogens with one attached hydrogen (secondary N) is 1. The predicted molar refractivity (Wildman–Crippen MR) is 95.3 cm³/mol. The Kier molecular flexibility index (Phi) is 4.60. The third kappa shape index (κ3) is 3.08. The van der Waals surface area contributed by atoms with Crippen molar-refractivity contribution in [2.45, 2.75) is 26.3 Å². The monoisotopic (exact) mass is 294 g/mol. The molecule has 0 radical (unpaired) electrons. The standard InChI is InChI=1S/C20H26N2/c1-15(2)14-20(22-12-10-21-11-13-22)19-9-8-16(3)17-6-4-5-7-18(17)19/h4-9,20-21H,1,10-14H2,2-3H3/t20-/m0/s1. The normalized spacial score (nSPS) is 17.5. The molecule has 0 amide bonds. The fraction of sp³-hybridized carbons (Fsp3) is 0.400. The van der Waals surface area contributed by atoms with E-state index >= 15 is 0 Å². The van der Waals surface area contributed by atoms with Crippen LogP contribution in [-0.4, -0.2) is 31.1 Å². The van der Waals surface area contributed by atoms with Crippen molar-refractivity contribution in [3.63, 3.8) is 0 Å². The van der Waals surface area contributed by atoms with Gasteiger partial charge >= 0.3 is 0 Å². The average molecular weight is 294 g/mol. The van der Waals surface area contributed by atoms with Gasteiger partial charge in [0.1, 0.15) is 0 Å². The fourth-order valence-electron chi connectivity index (χ4n) is 3.52. The van der Waals surface area contributed by atoms with Gasteiger partial charge in [0.05, 0.1) is 0 Å². The van der Waals surface area contributed by atoms with E-state index in [0.717, 1.165) is 32.6 Å². The van der Waals surface area contributed by atoms with Crippen molar-refractivity contribution in [1.82, 2.24) is 10.2 Å². The molecule has 2 aromatic carbocycles. The van der Waals surface area contributed by atoms with Crippen molar-refractivity contribution in [2.75, 3.05) is 26.2 Å². The van der Waals surface area contributed by atoms with E-state index in [2.05, 4.69) is 67.0 Å². The first-order valence-electron chi connectivity index (χ1n) is 8.24. The van der Waals surface area contributed by atoms with Gasteiger partial charge in [-0.1, -0.05) is 42.0 Å². The number of piperazine rings is 1. The first-order valence-corrected chi connectivity index (χ1v) is 8.24. The van der Waals surface area contributed by atoms with Gasteiger partial charge in [0, 0.05) is 32.2 Å². The van der Waals surface area contributed by atoms with Gasteiger partial charge in [-0.15, -0.1) is 6.58 Å². The highest BCUT2D eigenvalue weighted by Gasteiger charge is 2.23. The molecule has 1 aliphatic rings. The minimum Gasteiger partial charge on any atom is -0.314 e. The molecule has 116 valence electrons. The van der Waals surface area contributed by atoms with Gasteiger partial charge in [0.15, 0.2) is 0 Å². The summed E-state index contributed by atoms with van der Waals surface area (Å²) in [7, 11) is 0. The van der Waals surface area contributed by atoms with Crippen LogP contribution in [0.15, 0.2) is 48.6 Å². The summed E-state index contributed by atoms with van der Waals surface area (Å²) in [5.41, 5.74) is 4.06. The second-order valence-electron chi connectivity index (χ2n) is 6.48. The maximum absolute atomic E-state index is 4.17. The van der Waals surface area contributed by atoms with Crippen LogP contribution < -0.4 is 5.32 Å². The van der Waals surface area contributed by atoms with E-state index in [4.69, 9.17) is 0 Å². The van der Waals surface area contributed by atoms with Gasteiger partial charge in [-0.05, 0) is 42.2 Å². The Morgan fingerprint density at radius 2 is 1.82 bits per heavy atom. The summed E-state index contributed by atoms with van der Waals surface area (Å²) in [4.78, 5) is 2.61. The minimum absolute atomic E-state index is 0.435. The third-order valence-electron chi connectivity index (χ3n) is 4.67. The van der Waals surface area contributed by atoms with E-state index in [1.165, 1.54) is 27.5 Å². The highest BCUT2D eigenvalue weighted by atomic mass is 15.2. The minimum atomic E-state index is 0.435. The molecule has 22 heavy (non-hydrogen) atoms. The van der Waals surface area contributed by atoms with Crippen LogP contribution in [0.3, 0.4) is 0 Å². The maximum atomic E-state index is 4.17. The van der Waals surface area contributed by atoms with E-state index in [0.29, 0.717) is 6.04 Å². The molecular formula is C20H26N2. The summed E-state index contributed by atoms with van der Waals surface area (Å²) >= 11 is 0. The Balaban J connectivity index is 2.07. The predicted octanol–water partition coefficient (Wildman–Crippen LogP) is 4.06. The van der Waals surface area contributed by atoms with Crippen LogP contribution in [0.5, 0.6) is 0 Å². The molecular weight excluding hydrogens is 268 g/mol. The Hall–Kier alpha value is -1.64. The van der Waals surface area contributed by atoms with E-state index in [1.54, 1.807) is 0 Å². The Morgan fingerprint density at radius 3 is 2.50 bits per heavy atom. The second kappa shape index (κ2) is 6.64. The molecule has 2 nitrogen and oxygen atoms in total. The summed E-state index contributed by atoms with van der Waals surface area (Å²) < 4.78 is 0. The summed E-state index contributed by atoms with van der Waals surface area (Å²) in [5, 5.41) is 6.23. The van der Waals surface area contributed by atoms with Crippen molar-refractivity contribution >= 4 is 10.8 Å². The largest absolute Gasteiger partial charge is 0.314 e. The van der Waals surface area contributed by atoms with Gasteiger partial charge in [-0.25, -0.2) is 0 Å². The highest BCUT2D eigenvalue weighted by Crippen LogP contribution is 2.34. The number of nitrogens with zero attached hydrogens (tertiary/aromatic N) is 1. The number of hydrogen-bond acceptors (Lipinski definition) is 2. The molecule has 1 N–H and O–H groups in total. The van der Waals surface area contributed by atoms with Crippen molar-refractivity contribution in [3.05, 3.63) is 59.7 Å². The maximum Gasteiger partial charge on any atom is 0.0392 e. The molecule has 2 heteroatoms. The average Bonchev–Trinajstić information content (AvgIpc) is 2.54. The zero-order valence-corrected chi connectivity index (χ0v) is 13.7. The summed E-state index contributed by atoms with van der Waals surface area (Å²) in [6.07, 6.45) is 1.03. The lowest BCUT2D eigenvalue weighted by molar-refractivity contribution is 0.173. The van der Waals surface area contributed by atoms with Gasteiger partial charge in [0.25, 0.3) is 0 Å². The number of hydrogen-bond donors (Lipinski definition) is 1. The topological polar surface area (TPSA) is 15.3 Å². The Morgan fingerprint density at radius 1 is 1.14 bits per heavy atom. The first-order chi connectivity index (χ1) is 10.7. The second-order valence-corrected chi connectivity index (χ2v) is 6.48. The van der Waals surface area contributed by atoms with Crippen molar-refractivity contribution in [1.29, 1.82) is 0 Å². The molecule has 1 atom stereocenters. The summed E-state index contributed by atoms with van der Waals surface area (Å²) in [6, 6.07) is 13.8. The fourth-order valence-corrected chi connectivity index (χ4v) is 3.52. The molecule has 1 fully saturated rings. The lowest BCUT2D eigenvalue weighted by Crippen LogP contribution is -2.45. The molecule has 1 aliphatic heterocycles. The van der Waals surface area contributed by atoms with E-state index < -0.39 is 0 Å². The Bertz CT molecular complexity index is 668. The van der Waals surface area contributed by atoms with E-state index in [-0.39, 0.29) is 0 Å². The number of fused-ring (bicyclic) bond motifs is 1. The lowest BCUT2D eigenvalue weighted by atomic mass is 9.91. The molecule has 3 rings (SSSR count). The summed E-state index contributed by atoms with van der Waals surface area (Å²) in [5.74, 6) is 0. The summed E-state index contributed by atoms with van der Waals surface area (Å²) in [6.45, 7) is 12.9. The number of rotatable bonds is 4. The van der Waals surface area contributed by atoms with Crippen LogP contribution in [-0.2, 0) is 0 Å². The quantitative estimate of drug-likeness (QED) is 0.855. The smallest absolute Gasteiger partial charge is 0.0392 e. The van der Waals surface area contributed by atoms with E-state index in [9.17, 15) is 0 Å². The highest BCUT2D eigenvalue weighted by molar-refractivity contribution is 5.89. The van der Waals surface area contributed by atoms with Crippen LogP contribution in [0.2, 0.25) is 0 Å². The van der Waals surface area contributed by atoms with Crippen LogP contribution >= 0.6 is 0 Å². The third-order valence-corrected chi connectivity index (χ3v) is 4.67. The van der Waals surface area contributed by atoms with Gasteiger partial charge < -0.3 is 5.32 Å². The van der Waals surface area contributed by atoms with Crippen LogP contribution in [0.4, 0.5) is 0 Å². The van der Waals surface area contributed by atoms with Gasteiger partial charge in [-0.3, -0.25) is 4.90 Å². The number of aryl methyl sites for hydroxylation is 1. The zero-order valence-electron chi connectivity index (χ0n) is 13.7. The molecule has 0 saturated carbocycles.